The van der Waals surface area contributed by atoms with Crippen molar-refractivity contribution in [1.29, 1.82) is 0 Å². The Morgan fingerprint density at radius 2 is 2.32 bits per heavy atom. The lowest BCUT2D eigenvalue weighted by molar-refractivity contribution is 0.215. The minimum Gasteiger partial charge on any atom is -0.493 e. The zero-order valence-corrected chi connectivity index (χ0v) is 12.6. The van der Waals surface area contributed by atoms with Gasteiger partial charge in [0.2, 0.25) is 0 Å². The monoisotopic (exact) mass is 300 g/mol. The Morgan fingerprint density at radius 1 is 1.45 bits per heavy atom. The molecular weight excluding hydrogens is 280 g/mol. The van der Waals surface area contributed by atoms with Gasteiger partial charge in [0, 0.05) is 25.2 Å². The number of rotatable bonds is 4. The molecule has 1 atom stereocenters. The fourth-order valence-corrected chi connectivity index (χ4v) is 2.54. The second-order valence-corrected chi connectivity index (χ2v) is 5.41. The van der Waals surface area contributed by atoms with Gasteiger partial charge in [-0.2, -0.15) is 5.10 Å². The Balaban J connectivity index is 1.47. The normalized spacial score (nSPS) is 16.5. The molecule has 3 rings (SSSR count). The van der Waals surface area contributed by atoms with Crippen LogP contribution in [0.1, 0.15) is 12.5 Å². The highest BCUT2D eigenvalue weighted by Gasteiger charge is 2.19. The van der Waals surface area contributed by atoms with E-state index in [-0.39, 0.29) is 6.03 Å². The number of amides is 2. The fraction of sp³-hybridized carbons (Fsp3) is 0.375. The number of anilines is 1. The minimum absolute atomic E-state index is 0.213. The van der Waals surface area contributed by atoms with E-state index in [0.717, 1.165) is 18.7 Å². The number of nitrogens with zero attached hydrogens (tertiary/aromatic N) is 2. The van der Waals surface area contributed by atoms with Crippen molar-refractivity contribution in [1.82, 2.24) is 15.1 Å². The molecule has 116 valence electrons. The Labute approximate surface area is 129 Å². The van der Waals surface area contributed by atoms with E-state index in [0.29, 0.717) is 24.8 Å². The van der Waals surface area contributed by atoms with Crippen LogP contribution in [0.5, 0.6) is 5.75 Å². The van der Waals surface area contributed by atoms with Gasteiger partial charge in [-0.1, -0.05) is 18.2 Å². The van der Waals surface area contributed by atoms with Crippen LogP contribution >= 0.6 is 0 Å². The van der Waals surface area contributed by atoms with Gasteiger partial charge >= 0.3 is 6.03 Å². The molecule has 1 aliphatic rings. The summed E-state index contributed by atoms with van der Waals surface area (Å²) in [4.78, 5) is 11.9. The van der Waals surface area contributed by atoms with Gasteiger partial charge in [-0.3, -0.25) is 4.68 Å². The van der Waals surface area contributed by atoms with Crippen LogP contribution in [0.3, 0.4) is 0 Å². The van der Waals surface area contributed by atoms with Crippen LogP contribution in [-0.2, 0) is 13.0 Å². The quantitative estimate of drug-likeness (QED) is 0.910. The van der Waals surface area contributed by atoms with Crippen molar-refractivity contribution in [3.05, 3.63) is 42.2 Å². The Hall–Kier alpha value is -2.50. The maximum absolute atomic E-state index is 11.9. The van der Waals surface area contributed by atoms with Crippen molar-refractivity contribution in [2.24, 2.45) is 5.92 Å². The largest absolute Gasteiger partial charge is 0.493 e. The standard InChI is InChI=1S/C16H20N4O2/c1-2-20-10-14(9-18-20)19-16(21)17-8-12-7-13-5-3-4-6-15(13)22-11-12/h3-6,9-10,12H,2,7-8,11H2,1H3,(H2,17,19,21)/t12-/m1/s1. The molecule has 1 aliphatic heterocycles. The van der Waals surface area contributed by atoms with Gasteiger partial charge in [-0.25, -0.2) is 4.79 Å². The number of carbonyl (C=O) groups excluding carboxylic acids is 1. The molecule has 22 heavy (non-hydrogen) atoms. The van der Waals surface area contributed by atoms with Crippen molar-refractivity contribution < 1.29 is 9.53 Å². The van der Waals surface area contributed by atoms with Gasteiger partial charge in [0.1, 0.15) is 5.75 Å². The second-order valence-electron chi connectivity index (χ2n) is 5.41. The van der Waals surface area contributed by atoms with Crippen molar-refractivity contribution >= 4 is 11.7 Å². The second kappa shape index (κ2) is 6.51. The SMILES string of the molecule is CCn1cc(NC(=O)NC[C@@H]2COc3ccccc3C2)cn1. The summed E-state index contributed by atoms with van der Waals surface area (Å²) in [5.41, 5.74) is 1.90. The molecule has 6 nitrogen and oxygen atoms in total. The highest BCUT2D eigenvalue weighted by molar-refractivity contribution is 5.88. The average molecular weight is 300 g/mol. The number of carbonyl (C=O) groups is 1. The molecule has 0 fully saturated rings. The number of ether oxygens (including phenoxy) is 1. The molecule has 6 heteroatoms. The van der Waals surface area contributed by atoms with Gasteiger partial charge < -0.3 is 15.4 Å². The lowest BCUT2D eigenvalue weighted by atomic mass is 9.97. The summed E-state index contributed by atoms with van der Waals surface area (Å²) in [5.74, 6) is 1.24. The molecule has 0 spiro atoms. The zero-order chi connectivity index (χ0) is 15.4. The van der Waals surface area contributed by atoms with Gasteiger partial charge in [0.25, 0.3) is 0 Å². The molecule has 0 bridgehead atoms. The number of nitrogens with one attached hydrogen (secondary N) is 2. The van der Waals surface area contributed by atoms with E-state index in [1.807, 2.05) is 25.1 Å². The number of aromatic nitrogens is 2. The summed E-state index contributed by atoms with van der Waals surface area (Å²) in [6.45, 7) is 3.99. The van der Waals surface area contributed by atoms with Crippen LogP contribution in [0.4, 0.5) is 10.5 Å². The molecule has 1 aromatic carbocycles. The van der Waals surface area contributed by atoms with Gasteiger partial charge in [0.05, 0.1) is 18.5 Å². The zero-order valence-electron chi connectivity index (χ0n) is 12.6. The molecule has 2 N–H and O–H groups in total. The molecule has 1 aromatic heterocycles. The number of urea groups is 1. The van der Waals surface area contributed by atoms with E-state index in [9.17, 15) is 4.79 Å². The van der Waals surface area contributed by atoms with Crippen molar-refractivity contribution in [3.8, 4) is 5.75 Å². The first-order chi connectivity index (χ1) is 10.7. The van der Waals surface area contributed by atoms with Crippen LogP contribution in [0.25, 0.3) is 0 Å². The molecule has 0 unspecified atom stereocenters. The van der Waals surface area contributed by atoms with E-state index in [1.165, 1.54) is 5.56 Å². The average Bonchev–Trinajstić information content (AvgIpc) is 3.00. The Kier molecular flexibility index (Phi) is 4.27. The van der Waals surface area contributed by atoms with E-state index < -0.39 is 0 Å². The van der Waals surface area contributed by atoms with E-state index >= 15 is 0 Å². The number of aryl methyl sites for hydroxylation is 1. The third kappa shape index (κ3) is 3.39. The van der Waals surface area contributed by atoms with Crippen molar-refractivity contribution in [2.45, 2.75) is 19.9 Å². The summed E-state index contributed by atoms with van der Waals surface area (Å²) in [6.07, 6.45) is 4.37. The lowest BCUT2D eigenvalue weighted by Crippen LogP contribution is -2.37. The van der Waals surface area contributed by atoms with Gasteiger partial charge in [-0.15, -0.1) is 0 Å². The highest BCUT2D eigenvalue weighted by atomic mass is 16.5. The van der Waals surface area contributed by atoms with Crippen molar-refractivity contribution in [2.75, 3.05) is 18.5 Å². The number of para-hydroxylation sites is 1. The fourth-order valence-electron chi connectivity index (χ4n) is 2.54. The molecule has 2 heterocycles. The molecule has 0 aliphatic carbocycles. The maximum atomic E-state index is 11.9. The summed E-state index contributed by atoms with van der Waals surface area (Å²) < 4.78 is 7.48. The first kappa shape index (κ1) is 14.4. The van der Waals surface area contributed by atoms with Crippen LogP contribution < -0.4 is 15.4 Å². The molecular formula is C16H20N4O2. The first-order valence-corrected chi connectivity index (χ1v) is 7.52. The predicted octanol–water partition coefficient (Wildman–Crippen LogP) is 2.28. The number of hydrogen-bond donors (Lipinski definition) is 2. The summed E-state index contributed by atoms with van der Waals surface area (Å²) in [7, 11) is 0. The molecule has 2 aromatic rings. The summed E-state index contributed by atoms with van der Waals surface area (Å²) >= 11 is 0. The molecule has 0 saturated heterocycles. The topological polar surface area (TPSA) is 68.2 Å². The third-order valence-corrected chi connectivity index (χ3v) is 3.72. The summed E-state index contributed by atoms with van der Waals surface area (Å²) in [6, 6.07) is 7.82. The Bertz CT molecular complexity index is 653. The molecule has 2 amide bonds. The van der Waals surface area contributed by atoms with Crippen LogP contribution in [0.15, 0.2) is 36.7 Å². The maximum Gasteiger partial charge on any atom is 0.319 e. The van der Waals surface area contributed by atoms with Crippen LogP contribution in [0.2, 0.25) is 0 Å². The minimum atomic E-state index is -0.213. The number of benzene rings is 1. The van der Waals surface area contributed by atoms with Gasteiger partial charge in [-0.05, 0) is 25.0 Å². The third-order valence-electron chi connectivity index (χ3n) is 3.72. The molecule has 0 radical (unpaired) electrons. The van der Waals surface area contributed by atoms with Crippen molar-refractivity contribution in [3.63, 3.8) is 0 Å². The van der Waals surface area contributed by atoms with Crippen LogP contribution in [0, 0.1) is 5.92 Å². The van der Waals surface area contributed by atoms with E-state index in [4.69, 9.17) is 4.74 Å². The lowest BCUT2D eigenvalue weighted by Gasteiger charge is -2.25. The first-order valence-electron chi connectivity index (χ1n) is 7.52. The van der Waals surface area contributed by atoms with Crippen LogP contribution in [-0.4, -0.2) is 29.0 Å². The van der Waals surface area contributed by atoms with E-state index in [1.54, 1.807) is 17.1 Å². The highest BCUT2D eigenvalue weighted by Crippen LogP contribution is 2.26. The summed E-state index contributed by atoms with van der Waals surface area (Å²) in [5, 5.41) is 9.79. The van der Waals surface area contributed by atoms with E-state index in [2.05, 4.69) is 21.8 Å². The van der Waals surface area contributed by atoms with Gasteiger partial charge in [0.15, 0.2) is 0 Å². The molecule has 0 saturated carbocycles. The predicted molar refractivity (Wildman–Crippen MR) is 84.1 cm³/mol. The Morgan fingerprint density at radius 3 is 3.14 bits per heavy atom. The number of hydrogen-bond acceptors (Lipinski definition) is 3. The smallest absolute Gasteiger partial charge is 0.319 e. The number of fused-ring (bicyclic) bond motifs is 1.